The van der Waals surface area contributed by atoms with E-state index < -0.39 is 0 Å². The van der Waals surface area contributed by atoms with Crippen LogP contribution in [0.1, 0.15) is 19.3 Å². The van der Waals surface area contributed by atoms with Crippen LogP contribution in [0.25, 0.3) is 0 Å². The number of aliphatic hydroxyl groups is 1. The first-order valence-corrected chi connectivity index (χ1v) is 5.70. The van der Waals surface area contributed by atoms with Gasteiger partial charge in [-0.15, -0.1) is 0 Å². The molecule has 0 unspecified atom stereocenters. The van der Waals surface area contributed by atoms with E-state index in [9.17, 15) is 0 Å². The summed E-state index contributed by atoms with van der Waals surface area (Å²) in [6, 6.07) is 0. The van der Waals surface area contributed by atoms with Crippen molar-refractivity contribution in [3.8, 4) is 0 Å². The Morgan fingerprint density at radius 2 is 2.19 bits per heavy atom. The van der Waals surface area contributed by atoms with Gasteiger partial charge in [0.05, 0.1) is 6.20 Å². The minimum absolute atomic E-state index is 0.248. The minimum atomic E-state index is 0.248. The van der Waals surface area contributed by atoms with Gasteiger partial charge in [-0.25, -0.2) is 4.98 Å². The average molecular weight is 245 g/mol. The fraction of sp³-hybridized carbons (Fsp3) is 0.600. The zero-order valence-electron chi connectivity index (χ0n) is 9.33. The second kappa shape index (κ2) is 7.24. The van der Waals surface area contributed by atoms with Gasteiger partial charge in [0.15, 0.2) is 0 Å². The summed E-state index contributed by atoms with van der Waals surface area (Å²) >= 11 is 5.94. The van der Waals surface area contributed by atoms with Crippen LogP contribution >= 0.6 is 11.6 Å². The van der Waals surface area contributed by atoms with Crippen molar-refractivity contribution >= 4 is 23.4 Å². The molecule has 1 heterocycles. The van der Waals surface area contributed by atoms with Crippen molar-refractivity contribution in [2.45, 2.75) is 19.3 Å². The lowest BCUT2D eigenvalue weighted by Crippen LogP contribution is -2.06. The Bertz CT molecular complexity index is 322. The summed E-state index contributed by atoms with van der Waals surface area (Å²) in [5.41, 5.74) is 0. The molecule has 0 radical (unpaired) electrons. The molecule has 0 aliphatic heterocycles. The maximum Gasteiger partial charge on any atom is 0.224 e. The van der Waals surface area contributed by atoms with E-state index in [0.717, 1.165) is 25.8 Å². The number of anilines is 2. The molecule has 0 amide bonds. The molecular formula is C10H17ClN4O. The molecule has 0 bridgehead atoms. The topological polar surface area (TPSA) is 70.1 Å². The van der Waals surface area contributed by atoms with Crippen molar-refractivity contribution in [2.24, 2.45) is 0 Å². The molecule has 0 saturated heterocycles. The second-order valence-corrected chi connectivity index (χ2v) is 3.76. The average Bonchev–Trinajstić information content (AvgIpc) is 2.31. The summed E-state index contributed by atoms with van der Waals surface area (Å²) in [5, 5.41) is 15.1. The predicted octanol–water partition coefficient (Wildman–Crippen LogP) is 1.75. The summed E-state index contributed by atoms with van der Waals surface area (Å²) in [6.45, 7) is 1.04. The van der Waals surface area contributed by atoms with E-state index in [2.05, 4.69) is 20.6 Å². The number of halogens is 1. The van der Waals surface area contributed by atoms with E-state index in [1.54, 1.807) is 13.2 Å². The molecule has 0 saturated carbocycles. The molecular weight excluding hydrogens is 228 g/mol. The van der Waals surface area contributed by atoms with Crippen LogP contribution < -0.4 is 10.6 Å². The van der Waals surface area contributed by atoms with Crippen LogP contribution in [-0.4, -0.2) is 35.3 Å². The van der Waals surface area contributed by atoms with Gasteiger partial charge in [-0.1, -0.05) is 11.6 Å². The smallest absolute Gasteiger partial charge is 0.224 e. The predicted molar refractivity (Wildman–Crippen MR) is 66.0 cm³/mol. The minimum Gasteiger partial charge on any atom is -0.396 e. The molecule has 90 valence electrons. The van der Waals surface area contributed by atoms with Gasteiger partial charge in [0.25, 0.3) is 0 Å². The van der Waals surface area contributed by atoms with Gasteiger partial charge >= 0.3 is 0 Å². The van der Waals surface area contributed by atoms with Crippen LogP contribution in [-0.2, 0) is 0 Å². The number of nitrogens with zero attached hydrogens (tertiary/aromatic N) is 2. The number of aromatic nitrogens is 2. The van der Waals surface area contributed by atoms with E-state index in [-0.39, 0.29) is 6.61 Å². The SMILES string of the molecule is CNc1ncc(Cl)c(NCCCCCO)n1. The summed E-state index contributed by atoms with van der Waals surface area (Å²) in [6.07, 6.45) is 4.37. The van der Waals surface area contributed by atoms with Gasteiger partial charge < -0.3 is 15.7 Å². The molecule has 0 aliphatic carbocycles. The zero-order chi connectivity index (χ0) is 11.8. The maximum absolute atomic E-state index is 8.62. The van der Waals surface area contributed by atoms with Gasteiger partial charge in [0.1, 0.15) is 10.8 Å². The Morgan fingerprint density at radius 3 is 2.88 bits per heavy atom. The lowest BCUT2D eigenvalue weighted by atomic mass is 10.2. The molecule has 3 N–H and O–H groups in total. The number of rotatable bonds is 7. The number of unbranched alkanes of at least 4 members (excludes halogenated alkanes) is 2. The maximum atomic E-state index is 8.62. The molecule has 0 spiro atoms. The highest BCUT2D eigenvalue weighted by molar-refractivity contribution is 6.32. The molecule has 0 aliphatic rings. The molecule has 16 heavy (non-hydrogen) atoms. The van der Waals surface area contributed by atoms with Crippen LogP contribution in [0.4, 0.5) is 11.8 Å². The lowest BCUT2D eigenvalue weighted by Gasteiger charge is -2.08. The van der Waals surface area contributed by atoms with Gasteiger partial charge in [0, 0.05) is 20.2 Å². The van der Waals surface area contributed by atoms with E-state index in [1.807, 2.05) is 0 Å². The molecule has 5 nitrogen and oxygen atoms in total. The molecule has 1 aromatic rings. The fourth-order valence-electron chi connectivity index (χ4n) is 1.23. The van der Waals surface area contributed by atoms with Crippen molar-refractivity contribution < 1.29 is 5.11 Å². The molecule has 6 heteroatoms. The highest BCUT2D eigenvalue weighted by Crippen LogP contribution is 2.19. The molecule has 1 rings (SSSR count). The van der Waals surface area contributed by atoms with Crippen LogP contribution in [0, 0.1) is 0 Å². The number of hydrogen-bond acceptors (Lipinski definition) is 5. The van der Waals surface area contributed by atoms with Crippen LogP contribution in [0.5, 0.6) is 0 Å². The van der Waals surface area contributed by atoms with Gasteiger partial charge in [-0.05, 0) is 19.3 Å². The normalized spacial score (nSPS) is 10.2. The monoisotopic (exact) mass is 244 g/mol. The van der Waals surface area contributed by atoms with E-state index in [1.165, 1.54) is 0 Å². The van der Waals surface area contributed by atoms with E-state index in [4.69, 9.17) is 16.7 Å². The Hall–Kier alpha value is -1.07. The third-order valence-corrected chi connectivity index (χ3v) is 2.37. The van der Waals surface area contributed by atoms with E-state index >= 15 is 0 Å². The summed E-state index contributed by atoms with van der Waals surface area (Å²) < 4.78 is 0. The Balaban J connectivity index is 2.40. The first-order chi connectivity index (χ1) is 7.77. The number of hydrogen-bond donors (Lipinski definition) is 3. The highest BCUT2D eigenvalue weighted by Gasteiger charge is 2.03. The summed E-state index contributed by atoms with van der Waals surface area (Å²) in [7, 11) is 1.76. The largest absolute Gasteiger partial charge is 0.396 e. The van der Waals surface area contributed by atoms with Gasteiger partial charge in [-0.3, -0.25) is 0 Å². The Kier molecular flexibility index (Phi) is 5.88. The van der Waals surface area contributed by atoms with Crippen molar-refractivity contribution in [3.05, 3.63) is 11.2 Å². The third-order valence-electron chi connectivity index (χ3n) is 2.10. The van der Waals surface area contributed by atoms with Gasteiger partial charge in [0.2, 0.25) is 5.95 Å². The standard InChI is InChI=1S/C10H17ClN4O/c1-12-10-14-7-8(11)9(15-10)13-5-3-2-4-6-16/h7,16H,2-6H2,1H3,(H2,12,13,14,15). The number of aliphatic hydroxyl groups excluding tert-OH is 1. The second-order valence-electron chi connectivity index (χ2n) is 3.35. The lowest BCUT2D eigenvalue weighted by molar-refractivity contribution is 0.283. The van der Waals surface area contributed by atoms with Crippen molar-refractivity contribution in [1.82, 2.24) is 9.97 Å². The highest BCUT2D eigenvalue weighted by atomic mass is 35.5. The molecule has 0 fully saturated rings. The Labute approximate surface area is 100 Å². The Morgan fingerprint density at radius 1 is 1.38 bits per heavy atom. The molecule has 1 aromatic heterocycles. The van der Waals surface area contributed by atoms with Crippen LogP contribution in [0.3, 0.4) is 0 Å². The number of nitrogens with one attached hydrogen (secondary N) is 2. The van der Waals surface area contributed by atoms with Gasteiger partial charge in [-0.2, -0.15) is 4.98 Å². The van der Waals surface area contributed by atoms with Crippen molar-refractivity contribution in [3.63, 3.8) is 0 Å². The van der Waals surface area contributed by atoms with Crippen LogP contribution in [0.2, 0.25) is 5.02 Å². The third kappa shape index (κ3) is 4.20. The zero-order valence-corrected chi connectivity index (χ0v) is 10.1. The summed E-state index contributed by atoms with van der Waals surface area (Å²) in [5.74, 6) is 1.19. The summed E-state index contributed by atoms with van der Waals surface area (Å²) in [4.78, 5) is 8.18. The first-order valence-electron chi connectivity index (χ1n) is 5.33. The van der Waals surface area contributed by atoms with Crippen LogP contribution in [0.15, 0.2) is 6.20 Å². The van der Waals surface area contributed by atoms with E-state index in [0.29, 0.717) is 16.8 Å². The van der Waals surface area contributed by atoms with Crippen molar-refractivity contribution in [1.29, 1.82) is 0 Å². The quantitative estimate of drug-likeness (QED) is 0.638. The first kappa shape index (κ1) is 13.0. The molecule has 0 atom stereocenters. The van der Waals surface area contributed by atoms with Crippen molar-refractivity contribution in [2.75, 3.05) is 30.8 Å². The fourth-order valence-corrected chi connectivity index (χ4v) is 1.39. The molecule has 0 aromatic carbocycles.